The quantitative estimate of drug-likeness (QED) is 0.695. The lowest BCUT2D eigenvalue weighted by atomic mass is 9.70. The molecule has 0 bridgehead atoms. The Morgan fingerprint density at radius 1 is 1.54 bits per heavy atom. The van der Waals surface area contributed by atoms with Gasteiger partial charge in [-0.05, 0) is 35.4 Å². The van der Waals surface area contributed by atoms with E-state index in [4.69, 9.17) is 0 Å². The van der Waals surface area contributed by atoms with Crippen LogP contribution >= 0.6 is 22.6 Å². The molecule has 0 aromatic heterocycles. The van der Waals surface area contributed by atoms with Gasteiger partial charge in [0.05, 0.1) is 9.18 Å². The molecular formula is C10H13IO2. The summed E-state index contributed by atoms with van der Waals surface area (Å²) in [5, 5.41) is 10.2. The molecule has 0 aromatic carbocycles. The normalized spacial score (nSPS) is 39.7. The lowest BCUT2D eigenvalue weighted by Gasteiger charge is -2.40. The van der Waals surface area contributed by atoms with Gasteiger partial charge in [-0.1, -0.05) is 18.9 Å². The highest BCUT2D eigenvalue weighted by molar-refractivity contribution is 14.1. The lowest BCUT2D eigenvalue weighted by Crippen LogP contribution is -2.44. The van der Waals surface area contributed by atoms with Gasteiger partial charge in [0.25, 0.3) is 0 Å². The second kappa shape index (κ2) is 3.35. The molecule has 72 valence electrons. The summed E-state index contributed by atoms with van der Waals surface area (Å²) in [6.45, 7) is 0. The average molecular weight is 292 g/mol. The molecule has 2 nitrogen and oxygen atoms in total. The Labute approximate surface area is 91.5 Å². The van der Waals surface area contributed by atoms with Gasteiger partial charge < -0.3 is 5.11 Å². The molecule has 0 heterocycles. The number of carbonyl (C=O) groups excluding carboxylic acids is 1. The van der Waals surface area contributed by atoms with Crippen molar-refractivity contribution in [2.24, 2.45) is 5.92 Å². The molecule has 1 N–H and O–H groups in total. The summed E-state index contributed by atoms with van der Waals surface area (Å²) in [7, 11) is 0. The maximum absolute atomic E-state index is 11.4. The summed E-state index contributed by atoms with van der Waals surface area (Å²) >= 11 is 2.08. The topological polar surface area (TPSA) is 37.3 Å². The van der Waals surface area contributed by atoms with Gasteiger partial charge in [0.2, 0.25) is 0 Å². The molecule has 2 atom stereocenters. The number of hydrogen-bond acceptors (Lipinski definition) is 2. The van der Waals surface area contributed by atoms with Crippen LogP contribution in [0.1, 0.15) is 32.1 Å². The van der Waals surface area contributed by atoms with Crippen molar-refractivity contribution in [3.63, 3.8) is 0 Å². The first kappa shape index (κ1) is 9.65. The highest BCUT2D eigenvalue weighted by Gasteiger charge is 2.42. The van der Waals surface area contributed by atoms with Crippen LogP contribution < -0.4 is 0 Å². The van der Waals surface area contributed by atoms with E-state index in [0.717, 1.165) is 22.8 Å². The zero-order chi connectivity index (χ0) is 9.47. The third kappa shape index (κ3) is 1.68. The van der Waals surface area contributed by atoms with Gasteiger partial charge in [0.1, 0.15) is 0 Å². The van der Waals surface area contributed by atoms with Crippen molar-refractivity contribution in [3.05, 3.63) is 9.66 Å². The van der Waals surface area contributed by atoms with E-state index < -0.39 is 5.60 Å². The van der Waals surface area contributed by atoms with E-state index in [2.05, 4.69) is 22.6 Å². The van der Waals surface area contributed by atoms with Crippen molar-refractivity contribution < 1.29 is 9.90 Å². The van der Waals surface area contributed by atoms with Crippen LogP contribution in [0.2, 0.25) is 0 Å². The van der Waals surface area contributed by atoms with Crippen LogP contribution in [-0.4, -0.2) is 16.5 Å². The molecule has 1 fully saturated rings. The molecule has 2 aliphatic carbocycles. The monoisotopic (exact) mass is 292 g/mol. The third-order valence-electron chi connectivity index (χ3n) is 3.15. The van der Waals surface area contributed by atoms with Gasteiger partial charge >= 0.3 is 0 Å². The van der Waals surface area contributed by atoms with Crippen LogP contribution in [0.15, 0.2) is 9.66 Å². The third-order valence-corrected chi connectivity index (χ3v) is 4.11. The average Bonchev–Trinajstić information content (AvgIpc) is 2.07. The van der Waals surface area contributed by atoms with Crippen molar-refractivity contribution in [1.29, 1.82) is 0 Å². The Kier molecular flexibility index (Phi) is 2.49. The van der Waals surface area contributed by atoms with Crippen molar-refractivity contribution in [2.45, 2.75) is 37.7 Å². The fourth-order valence-electron chi connectivity index (χ4n) is 2.34. The van der Waals surface area contributed by atoms with Crippen LogP contribution in [-0.2, 0) is 4.79 Å². The van der Waals surface area contributed by atoms with Crippen molar-refractivity contribution in [2.75, 3.05) is 0 Å². The predicted octanol–water partition coefficient (Wildman–Crippen LogP) is 2.20. The molecule has 0 aromatic rings. The number of fused-ring (bicyclic) bond motifs is 1. The van der Waals surface area contributed by atoms with E-state index in [1.54, 1.807) is 0 Å². The maximum Gasteiger partial charge on any atom is 0.171 e. The number of Topliss-reactive ketones (excluding diaryl/α,β-unsaturated/α-hetero) is 1. The molecule has 3 heteroatoms. The Morgan fingerprint density at radius 2 is 2.31 bits per heavy atom. The van der Waals surface area contributed by atoms with E-state index in [9.17, 15) is 9.90 Å². The number of ketones is 1. The first-order valence-corrected chi connectivity index (χ1v) is 5.83. The minimum absolute atomic E-state index is 0.112. The molecule has 0 amide bonds. The Morgan fingerprint density at radius 3 is 3.08 bits per heavy atom. The predicted molar refractivity (Wildman–Crippen MR) is 58.6 cm³/mol. The second-order valence-corrected chi connectivity index (χ2v) is 5.23. The van der Waals surface area contributed by atoms with Crippen LogP contribution in [0, 0.1) is 5.92 Å². The van der Waals surface area contributed by atoms with E-state index >= 15 is 0 Å². The van der Waals surface area contributed by atoms with Crippen LogP contribution in [0.25, 0.3) is 0 Å². The van der Waals surface area contributed by atoms with Gasteiger partial charge in [-0.15, -0.1) is 0 Å². The van der Waals surface area contributed by atoms with Gasteiger partial charge in [-0.3, -0.25) is 4.79 Å². The highest BCUT2D eigenvalue weighted by Crippen LogP contribution is 2.42. The number of allylic oxidation sites excluding steroid dienone is 1. The molecule has 13 heavy (non-hydrogen) atoms. The Balaban J connectivity index is 2.29. The Bertz CT molecular complexity index is 272. The molecule has 0 radical (unpaired) electrons. The Hall–Kier alpha value is 0.100. The largest absolute Gasteiger partial charge is 0.389 e. The van der Waals surface area contributed by atoms with E-state index in [0.29, 0.717) is 6.42 Å². The summed E-state index contributed by atoms with van der Waals surface area (Å²) < 4.78 is 0.814. The van der Waals surface area contributed by atoms with Crippen molar-refractivity contribution >= 4 is 28.4 Å². The van der Waals surface area contributed by atoms with E-state index in [-0.39, 0.29) is 11.7 Å². The van der Waals surface area contributed by atoms with E-state index in [1.165, 1.54) is 6.42 Å². The number of carbonyl (C=O) groups is 1. The second-order valence-electron chi connectivity index (χ2n) is 4.07. The smallest absolute Gasteiger partial charge is 0.171 e. The summed E-state index contributed by atoms with van der Waals surface area (Å²) in [4.78, 5) is 11.4. The fraction of sp³-hybridized carbons (Fsp3) is 0.700. The van der Waals surface area contributed by atoms with Crippen molar-refractivity contribution in [3.8, 4) is 0 Å². The zero-order valence-electron chi connectivity index (χ0n) is 7.42. The highest BCUT2D eigenvalue weighted by atomic mass is 127. The summed E-state index contributed by atoms with van der Waals surface area (Å²) in [5.41, 5.74) is -0.704. The van der Waals surface area contributed by atoms with Crippen molar-refractivity contribution in [1.82, 2.24) is 0 Å². The number of aliphatic hydroxyl groups is 1. The summed E-state index contributed by atoms with van der Waals surface area (Å²) in [5.74, 6) is 0.340. The molecule has 2 rings (SSSR count). The molecule has 0 spiro atoms. The van der Waals surface area contributed by atoms with E-state index in [1.807, 2.05) is 6.08 Å². The van der Waals surface area contributed by atoms with Gasteiger partial charge in [-0.2, -0.15) is 0 Å². The molecular weight excluding hydrogens is 279 g/mol. The number of rotatable bonds is 0. The van der Waals surface area contributed by atoms with Crippen LogP contribution in [0.5, 0.6) is 0 Å². The minimum atomic E-state index is -0.704. The molecule has 1 saturated carbocycles. The first-order valence-electron chi connectivity index (χ1n) is 4.75. The zero-order valence-corrected chi connectivity index (χ0v) is 9.58. The number of halogens is 1. The molecule has 0 saturated heterocycles. The SMILES string of the molecule is O=C1C[C@@]2(O)CCCCC2C=C1I. The fourth-order valence-corrected chi connectivity index (χ4v) is 2.96. The summed E-state index contributed by atoms with van der Waals surface area (Å²) in [6, 6.07) is 0. The molecule has 1 unspecified atom stereocenters. The molecule has 0 aliphatic heterocycles. The molecule has 2 aliphatic rings. The van der Waals surface area contributed by atoms with Crippen LogP contribution in [0.3, 0.4) is 0 Å². The van der Waals surface area contributed by atoms with Gasteiger partial charge in [0.15, 0.2) is 5.78 Å². The standard InChI is InChI=1S/C10H13IO2/c11-8-5-7-3-1-2-4-10(7,13)6-9(8)12/h5,7,13H,1-4,6H2/t7?,10-/m0/s1. The summed E-state index contributed by atoms with van der Waals surface area (Å²) in [6.07, 6.45) is 6.38. The van der Waals surface area contributed by atoms with Gasteiger partial charge in [0, 0.05) is 12.3 Å². The van der Waals surface area contributed by atoms with Crippen LogP contribution in [0.4, 0.5) is 0 Å². The first-order chi connectivity index (χ1) is 6.12. The minimum Gasteiger partial charge on any atom is -0.389 e. The lowest BCUT2D eigenvalue weighted by molar-refractivity contribution is -0.124. The number of hydrogen-bond donors (Lipinski definition) is 1. The van der Waals surface area contributed by atoms with Gasteiger partial charge in [-0.25, -0.2) is 0 Å². The maximum atomic E-state index is 11.4.